The number of hydrogen-bond acceptors (Lipinski definition) is 7. The Hall–Kier alpha value is -3.63. The highest BCUT2D eigenvalue weighted by Crippen LogP contribution is 2.46. The smallest absolute Gasteiger partial charge is 0.343 e. The molecule has 39 heavy (non-hydrogen) atoms. The number of aliphatic hydroxyl groups is 2. The lowest BCUT2D eigenvalue weighted by Crippen LogP contribution is -2.44. The van der Waals surface area contributed by atoms with Crippen molar-refractivity contribution in [2.24, 2.45) is 5.41 Å². The van der Waals surface area contributed by atoms with E-state index in [0.29, 0.717) is 35.3 Å². The number of pyridine rings is 2. The fraction of sp³-hybridized carbons (Fsp3) is 0.448. The summed E-state index contributed by atoms with van der Waals surface area (Å²) in [5, 5.41) is 24.8. The van der Waals surface area contributed by atoms with Crippen LogP contribution in [-0.4, -0.2) is 38.2 Å². The molecule has 1 amide bonds. The molecule has 0 radical (unpaired) electrons. The van der Waals surface area contributed by atoms with Crippen molar-refractivity contribution >= 4 is 22.8 Å². The van der Waals surface area contributed by atoms with Gasteiger partial charge in [0.05, 0.1) is 47.1 Å². The van der Waals surface area contributed by atoms with Gasteiger partial charge in [0, 0.05) is 22.6 Å². The van der Waals surface area contributed by atoms with Gasteiger partial charge in [-0.1, -0.05) is 6.92 Å². The average molecular weight is 536 g/mol. The van der Waals surface area contributed by atoms with Crippen LogP contribution in [0.2, 0.25) is 0 Å². The number of cyclic esters (lactones) is 1. The van der Waals surface area contributed by atoms with E-state index in [1.54, 1.807) is 33.8 Å². The molecule has 1 aliphatic carbocycles. The Morgan fingerprint density at radius 2 is 2.03 bits per heavy atom. The van der Waals surface area contributed by atoms with Crippen molar-refractivity contribution in [3.63, 3.8) is 0 Å². The number of amides is 1. The van der Waals surface area contributed by atoms with Crippen LogP contribution in [0.4, 0.5) is 4.39 Å². The van der Waals surface area contributed by atoms with E-state index < -0.39 is 28.6 Å². The summed E-state index contributed by atoms with van der Waals surface area (Å²) < 4.78 is 21.7. The zero-order chi connectivity index (χ0) is 28.0. The number of esters is 1. The van der Waals surface area contributed by atoms with E-state index in [0.717, 1.165) is 22.1 Å². The molecule has 4 heterocycles. The molecule has 2 aromatic heterocycles. The standard InChI is InChI=1S/C29H30FN3O6/c1-5-29(38)17-8-21-24-15(10-33(21)25(35)16(17)11-39-27(29)37)23-19(32-26(36)28(3,4)12-34)7-6-14-13(2)18(30)9-20(31-24)22(14)23/h8-9,19,34,38H,5-7,10-12H2,1-4H3,(H,32,36)/t19-,29-/m0/s1. The molecule has 6 rings (SSSR count). The summed E-state index contributed by atoms with van der Waals surface area (Å²) >= 11 is 0. The summed E-state index contributed by atoms with van der Waals surface area (Å²) in [6.45, 7) is 6.27. The number of aromatic nitrogens is 2. The first-order valence-corrected chi connectivity index (χ1v) is 13.2. The first kappa shape index (κ1) is 25.6. The van der Waals surface area contributed by atoms with E-state index in [9.17, 15) is 24.6 Å². The van der Waals surface area contributed by atoms with Gasteiger partial charge in [-0.25, -0.2) is 14.2 Å². The van der Waals surface area contributed by atoms with Gasteiger partial charge in [-0.15, -0.1) is 0 Å². The van der Waals surface area contributed by atoms with Gasteiger partial charge < -0.3 is 24.8 Å². The van der Waals surface area contributed by atoms with Gasteiger partial charge in [0.25, 0.3) is 5.56 Å². The van der Waals surface area contributed by atoms with Crippen molar-refractivity contribution < 1.29 is 28.9 Å². The highest BCUT2D eigenvalue weighted by atomic mass is 19.1. The molecule has 0 bridgehead atoms. The minimum atomic E-state index is -1.96. The van der Waals surface area contributed by atoms with Crippen LogP contribution < -0.4 is 10.9 Å². The minimum absolute atomic E-state index is 0.0214. The molecule has 0 saturated heterocycles. The molecule has 3 N–H and O–H groups in total. The Bertz CT molecular complexity index is 1680. The van der Waals surface area contributed by atoms with Crippen LogP contribution in [0.5, 0.6) is 0 Å². The summed E-state index contributed by atoms with van der Waals surface area (Å²) in [6.07, 6.45) is 1.06. The molecular weight excluding hydrogens is 505 g/mol. The van der Waals surface area contributed by atoms with E-state index in [2.05, 4.69) is 5.32 Å². The lowest BCUT2D eigenvalue weighted by molar-refractivity contribution is -0.172. The maximum Gasteiger partial charge on any atom is 0.343 e. The van der Waals surface area contributed by atoms with Crippen molar-refractivity contribution in [2.75, 3.05) is 6.61 Å². The van der Waals surface area contributed by atoms with E-state index >= 15 is 4.39 Å². The monoisotopic (exact) mass is 535 g/mol. The second kappa shape index (κ2) is 8.43. The van der Waals surface area contributed by atoms with Crippen LogP contribution in [0.15, 0.2) is 16.9 Å². The quantitative estimate of drug-likeness (QED) is 0.343. The van der Waals surface area contributed by atoms with Crippen LogP contribution in [-0.2, 0) is 39.5 Å². The lowest BCUT2D eigenvalue weighted by atomic mass is 9.81. The molecule has 3 aliphatic rings. The van der Waals surface area contributed by atoms with Crippen LogP contribution in [0.3, 0.4) is 0 Å². The number of carbonyl (C=O) groups is 2. The van der Waals surface area contributed by atoms with E-state index in [1.807, 2.05) is 0 Å². The number of benzene rings is 1. The highest BCUT2D eigenvalue weighted by molar-refractivity contribution is 5.94. The minimum Gasteiger partial charge on any atom is -0.458 e. The molecule has 204 valence electrons. The molecular formula is C29H30FN3O6. The van der Waals surface area contributed by atoms with E-state index in [1.165, 1.54) is 10.6 Å². The molecule has 10 heteroatoms. The van der Waals surface area contributed by atoms with Crippen LogP contribution >= 0.6 is 0 Å². The Kier molecular flexibility index (Phi) is 5.54. The van der Waals surface area contributed by atoms with E-state index in [4.69, 9.17) is 9.72 Å². The Morgan fingerprint density at radius 1 is 1.28 bits per heavy atom. The normalized spacial score (nSPS) is 21.3. The van der Waals surface area contributed by atoms with Gasteiger partial charge >= 0.3 is 5.97 Å². The highest BCUT2D eigenvalue weighted by Gasteiger charge is 2.46. The average Bonchev–Trinajstić information content (AvgIpc) is 3.28. The lowest BCUT2D eigenvalue weighted by Gasteiger charge is -2.32. The zero-order valence-electron chi connectivity index (χ0n) is 22.3. The van der Waals surface area contributed by atoms with Gasteiger partial charge in [-0.2, -0.15) is 0 Å². The maximum atomic E-state index is 15.0. The maximum absolute atomic E-state index is 15.0. The van der Waals surface area contributed by atoms with Gasteiger partial charge in [-0.05, 0) is 62.8 Å². The fourth-order valence-electron chi connectivity index (χ4n) is 6.12. The van der Waals surface area contributed by atoms with Crippen LogP contribution in [0.1, 0.15) is 73.0 Å². The molecule has 9 nitrogen and oxygen atoms in total. The number of aryl methyl sites for hydroxylation is 1. The van der Waals surface area contributed by atoms with Crippen molar-refractivity contribution in [2.45, 2.75) is 71.8 Å². The zero-order valence-corrected chi connectivity index (χ0v) is 22.3. The summed E-state index contributed by atoms with van der Waals surface area (Å²) in [4.78, 5) is 44.1. The third kappa shape index (κ3) is 3.44. The van der Waals surface area contributed by atoms with Crippen LogP contribution in [0.25, 0.3) is 22.3 Å². The molecule has 0 saturated carbocycles. The molecule has 2 atom stereocenters. The summed E-state index contributed by atoms with van der Waals surface area (Å²) in [7, 11) is 0. The molecule has 2 aliphatic heterocycles. The van der Waals surface area contributed by atoms with Crippen molar-refractivity contribution in [1.82, 2.24) is 14.9 Å². The largest absolute Gasteiger partial charge is 0.458 e. The fourth-order valence-corrected chi connectivity index (χ4v) is 6.12. The molecule has 0 spiro atoms. The Morgan fingerprint density at radius 3 is 2.72 bits per heavy atom. The molecule has 0 unspecified atom stereocenters. The van der Waals surface area contributed by atoms with Gasteiger partial charge in [0.1, 0.15) is 12.4 Å². The van der Waals surface area contributed by atoms with Gasteiger partial charge in [-0.3, -0.25) is 9.59 Å². The number of nitrogens with zero attached hydrogens (tertiary/aromatic N) is 2. The van der Waals surface area contributed by atoms with Gasteiger partial charge in [0.2, 0.25) is 5.91 Å². The predicted octanol–water partition coefficient (Wildman–Crippen LogP) is 2.65. The number of halogens is 1. The van der Waals surface area contributed by atoms with Gasteiger partial charge in [0.15, 0.2) is 5.60 Å². The third-order valence-electron chi connectivity index (χ3n) is 8.69. The number of rotatable bonds is 4. The first-order chi connectivity index (χ1) is 18.4. The SMILES string of the molecule is CC[C@@]1(O)C(=O)OCc2c1cc1n(c2=O)Cc2c-1nc1cc(F)c(C)c3c1c2[C@@H](NC(=O)C(C)(C)CO)CC3. The van der Waals surface area contributed by atoms with Crippen molar-refractivity contribution in [3.05, 3.63) is 61.7 Å². The predicted molar refractivity (Wildman–Crippen MR) is 139 cm³/mol. The number of ether oxygens (including phenoxy) is 1. The topological polar surface area (TPSA) is 131 Å². The van der Waals surface area contributed by atoms with E-state index in [-0.39, 0.29) is 49.0 Å². The first-order valence-electron chi connectivity index (χ1n) is 13.2. The Balaban J connectivity index is 1.62. The molecule has 1 aromatic carbocycles. The number of nitrogens with one attached hydrogen (secondary N) is 1. The van der Waals surface area contributed by atoms with Crippen LogP contribution in [0, 0.1) is 18.2 Å². The second-order valence-corrected chi connectivity index (χ2v) is 11.4. The van der Waals surface area contributed by atoms with Crippen molar-refractivity contribution in [3.8, 4) is 11.4 Å². The summed E-state index contributed by atoms with van der Waals surface area (Å²) in [6, 6.07) is 2.55. The molecule has 3 aromatic rings. The summed E-state index contributed by atoms with van der Waals surface area (Å²) in [5.74, 6) is -1.51. The number of hydrogen-bond donors (Lipinski definition) is 3. The molecule has 0 fully saturated rings. The Labute approximate surface area is 223 Å². The second-order valence-electron chi connectivity index (χ2n) is 11.4. The van der Waals surface area contributed by atoms with Crippen molar-refractivity contribution in [1.29, 1.82) is 0 Å². The number of fused-ring (bicyclic) bond motifs is 5. The number of aliphatic hydroxyl groups excluding tert-OH is 1. The number of carbonyl (C=O) groups excluding carboxylic acids is 2. The third-order valence-corrected chi connectivity index (χ3v) is 8.69. The summed E-state index contributed by atoms with van der Waals surface area (Å²) in [5.41, 5.74) is 1.19.